The summed E-state index contributed by atoms with van der Waals surface area (Å²) in [6.45, 7) is 11.9. The quantitative estimate of drug-likeness (QED) is 0.913. The highest BCUT2D eigenvalue weighted by Crippen LogP contribution is 2.20. The van der Waals surface area contributed by atoms with Gasteiger partial charge in [0.2, 0.25) is 5.95 Å². The number of rotatable bonds is 4. The summed E-state index contributed by atoms with van der Waals surface area (Å²) in [5, 5.41) is 3.49. The third kappa shape index (κ3) is 3.92. The molecule has 1 N–H and O–H groups in total. The van der Waals surface area contributed by atoms with Crippen LogP contribution < -0.4 is 10.2 Å². The van der Waals surface area contributed by atoms with E-state index in [-0.39, 0.29) is 5.54 Å². The molecule has 5 nitrogen and oxygen atoms in total. The molecule has 1 saturated heterocycles. The largest absolute Gasteiger partial charge is 0.338 e. The number of piperazine rings is 1. The van der Waals surface area contributed by atoms with Crippen molar-refractivity contribution in [3.05, 3.63) is 18.0 Å². The van der Waals surface area contributed by atoms with E-state index in [4.69, 9.17) is 0 Å². The first kappa shape index (κ1) is 14.7. The number of anilines is 1. The standard InChI is InChI=1S/C16H27N5/c1-16(2,3)21-8-6-20(7-9-21)15-18-11-13(12-19-15)10-17-14-4-5-14/h11-12,14,17H,4-10H2,1-3H3. The Balaban J connectivity index is 1.52. The Labute approximate surface area is 127 Å². The molecule has 1 aliphatic heterocycles. The predicted molar refractivity (Wildman–Crippen MR) is 85.4 cm³/mol. The first-order chi connectivity index (χ1) is 10.0. The van der Waals surface area contributed by atoms with Gasteiger partial charge in [-0.1, -0.05) is 0 Å². The van der Waals surface area contributed by atoms with E-state index in [0.717, 1.165) is 44.7 Å². The maximum absolute atomic E-state index is 4.54. The van der Waals surface area contributed by atoms with Gasteiger partial charge in [0.1, 0.15) is 0 Å². The topological polar surface area (TPSA) is 44.3 Å². The lowest BCUT2D eigenvalue weighted by molar-refractivity contribution is 0.128. The van der Waals surface area contributed by atoms with E-state index in [1.54, 1.807) is 0 Å². The van der Waals surface area contributed by atoms with Gasteiger partial charge < -0.3 is 10.2 Å². The van der Waals surface area contributed by atoms with Crippen LogP contribution in [0.1, 0.15) is 39.2 Å². The molecule has 0 atom stereocenters. The Kier molecular flexibility index (Phi) is 4.13. The van der Waals surface area contributed by atoms with Gasteiger partial charge in [0.25, 0.3) is 0 Å². The summed E-state index contributed by atoms with van der Waals surface area (Å²) in [5.41, 5.74) is 1.43. The van der Waals surface area contributed by atoms with E-state index in [2.05, 4.69) is 45.9 Å². The Hall–Kier alpha value is -1.20. The highest BCUT2D eigenvalue weighted by molar-refractivity contribution is 5.30. The molecule has 0 amide bonds. The minimum atomic E-state index is 0.255. The van der Waals surface area contributed by atoms with Crippen molar-refractivity contribution in [2.75, 3.05) is 31.1 Å². The van der Waals surface area contributed by atoms with Gasteiger partial charge in [-0.05, 0) is 33.6 Å². The van der Waals surface area contributed by atoms with Gasteiger partial charge in [-0.2, -0.15) is 0 Å². The van der Waals surface area contributed by atoms with E-state index in [0.29, 0.717) is 0 Å². The molecule has 0 aromatic carbocycles. The molecule has 5 heteroatoms. The summed E-state index contributed by atoms with van der Waals surface area (Å²) < 4.78 is 0. The van der Waals surface area contributed by atoms with Crippen LogP contribution in [0.5, 0.6) is 0 Å². The zero-order valence-corrected chi connectivity index (χ0v) is 13.5. The summed E-state index contributed by atoms with van der Waals surface area (Å²) in [6, 6.07) is 0.732. The van der Waals surface area contributed by atoms with Crippen LogP contribution in [0.25, 0.3) is 0 Å². The number of hydrogen-bond donors (Lipinski definition) is 1. The van der Waals surface area contributed by atoms with Crippen molar-refractivity contribution in [2.45, 2.75) is 51.7 Å². The van der Waals surface area contributed by atoms with Crippen LogP contribution in [0.3, 0.4) is 0 Å². The summed E-state index contributed by atoms with van der Waals surface area (Å²) >= 11 is 0. The summed E-state index contributed by atoms with van der Waals surface area (Å²) in [4.78, 5) is 13.9. The molecule has 2 aliphatic rings. The van der Waals surface area contributed by atoms with E-state index in [9.17, 15) is 0 Å². The first-order valence-corrected chi connectivity index (χ1v) is 8.07. The van der Waals surface area contributed by atoms with Gasteiger partial charge in [0.15, 0.2) is 0 Å². The van der Waals surface area contributed by atoms with E-state index < -0.39 is 0 Å². The van der Waals surface area contributed by atoms with Crippen molar-refractivity contribution in [3.8, 4) is 0 Å². The molecular formula is C16H27N5. The molecule has 0 radical (unpaired) electrons. The maximum atomic E-state index is 4.54. The van der Waals surface area contributed by atoms with Crippen LogP contribution >= 0.6 is 0 Å². The zero-order valence-electron chi connectivity index (χ0n) is 13.5. The third-order valence-electron chi connectivity index (χ3n) is 4.38. The monoisotopic (exact) mass is 289 g/mol. The summed E-state index contributed by atoms with van der Waals surface area (Å²) in [7, 11) is 0. The molecule has 0 unspecified atom stereocenters. The van der Waals surface area contributed by atoms with E-state index in [1.165, 1.54) is 18.4 Å². The Morgan fingerprint density at radius 1 is 1.10 bits per heavy atom. The fourth-order valence-electron chi connectivity index (χ4n) is 2.73. The highest BCUT2D eigenvalue weighted by atomic mass is 15.3. The summed E-state index contributed by atoms with van der Waals surface area (Å²) in [6.07, 6.45) is 6.57. The second-order valence-corrected chi connectivity index (χ2v) is 7.19. The zero-order chi connectivity index (χ0) is 14.9. The van der Waals surface area contributed by atoms with Gasteiger partial charge in [0, 0.05) is 62.3 Å². The average molecular weight is 289 g/mol. The van der Waals surface area contributed by atoms with Gasteiger partial charge in [0.05, 0.1) is 0 Å². The van der Waals surface area contributed by atoms with Crippen molar-refractivity contribution in [2.24, 2.45) is 0 Å². The van der Waals surface area contributed by atoms with Crippen molar-refractivity contribution in [1.29, 1.82) is 0 Å². The Morgan fingerprint density at radius 3 is 2.24 bits per heavy atom. The molecule has 1 saturated carbocycles. The van der Waals surface area contributed by atoms with Crippen molar-refractivity contribution in [3.63, 3.8) is 0 Å². The second kappa shape index (κ2) is 5.89. The summed E-state index contributed by atoms with van der Waals surface area (Å²) in [5.74, 6) is 0.874. The van der Waals surface area contributed by atoms with Crippen molar-refractivity contribution >= 4 is 5.95 Å². The van der Waals surface area contributed by atoms with E-state index in [1.807, 2.05) is 12.4 Å². The molecule has 116 valence electrons. The number of nitrogens with one attached hydrogen (secondary N) is 1. The molecule has 0 bridgehead atoms. The molecule has 3 rings (SSSR count). The average Bonchev–Trinajstić information content (AvgIpc) is 3.29. The Bertz CT molecular complexity index is 453. The lowest BCUT2D eigenvalue weighted by Crippen LogP contribution is -2.53. The van der Waals surface area contributed by atoms with Crippen LogP contribution in [-0.2, 0) is 6.54 Å². The minimum absolute atomic E-state index is 0.255. The molecule has 1 aromatic rings. The second-order valence-electron chi connectivity index (χ2n) is 7.19. The fraction of sp³-hybridized carbons (Fsp3) is 0.750. The van der Waals surface area contributed by atoms with Crippen LogP contribution in [-0.4, -0.2) is 52.6 Å². The lowest BCUT2D eigenvalue weighted by atomic mass is 10.1. The van der Waals surface area contributed by atoms with Crippen LogP contribution in [0.15, 0.2) is 12.4 Å². The van der Waals surface area contributed by atoms with Crippen LogP contribution in [0, 0.1) is 0 Å². The van der Waals surface area contributed by atoms with E-state index >= 15 is 0 Å². The highest BCUT2D eigenvalue weighted by Gasteiger charge is 2.26. The molecule has 1 aromatic heterocycles. The minimum Gasteiger partial charge on any atom is -0.338 e. The molecule has 21 heavy (non-hydrogen) atoms. The SMILES string of the molecule is CC(C)(C)N1CCN(c2ncc(CNC3CC3)cn2)CC1. The van der Waals surface area contributed by atoms with Gasteiger partial charge in [-0.15, -0.1) is 0 Å². The molecule has 1 aliphatic carbocycles. The van der Waals surface area contributed by atoms with Gasteiger partial charge in [-0.3, -0.25) is 4.90 Å². The first-order valence-electron chi connectivity index (χ1n) is 8.07. The Morgan fingerprint density at radius 2 is 1.71 bits per heavy atom. The van der Waals surface area contributed by atoms with Gasteiger partial charge >= 0.3 is 0 Å². The number of nitrogens with zero attached hydrogens (tertiary/aromatic N) is 4. The number of aromatic nitrogens is 2. The molecule has 2 fully saturated rings. The lowest BCUT2D eigenvalue weighted by Gasteiger charge is -2.42. The fourth-order valence-corrected chi connectivity index (χ4v) is 2.73. The number of hydrogen-bond acceptors (Lipinski definition) is 5. The normalized spacial score (nSPS) is 20.8. The predicted octanol–water partition coefficient (Wildman–Crippen LogP) is 1.65. The van der Waals surface area contributed by atoms with Crippen molar-refractivity contribution < 1.29 is 0 Å². The van der Waals surface area contributed by atoms with Gasteiger partial charge in [-0.25, -0.2) is 9.97 Å². The van der Waals surface area contributed by atoms with Crippen LogP contribution in [0.2, 0.25) is 0 Å². The maximum Gasteiger partial charge on any atom is 0.225 e. The third-order valence-corrected chi connectivity index (χ3v) is 4.38. The molecular weight excluding hydrogens is 262 g/mol. The molecule has 2 heterocycles. The van der Waals surface area contributed by atoms with Crippen LogP contribution in [0.4, 0.5) is 5.95 Å². The molecule has 0 spiro atoms. The smallest absolute Gasteiger partial charge is 0.225 e. The van der Waals surface area contributed by atoms with Crippen molar-refractivity contribution in [1.82, 2.24) is 20.2 Å².